The van der Waals surface area contributed by atoms with Gasteiger partial charge in [-0.2, -0.15) is 0 Å². The lowest BCUT2D eigenvalue weighted by molar-refractivity contribution is -0.120. The van der Waals surface area contributed by atoms with E-state index in [1.807, 2.05) is 0 Å². The standard InChI is InChI=1S/C6H10O.C3H6/c7-6-4-2-1-3-5-6;1-2-3-1/h1-5H2;1-3H2. The zero-order valence-electron chi connectivity index (χ0n) is 6.57. The van der Waals surface area contributed by atoms with Crippen molar-refractivity contribution in [3.8, 4) is 0 Å². The van der Waals surface area contributed by atoms with Crippen LogP contribution in [0.25, 0.3) is 0 Å². The van der Waals surface area contributed by atoms with Crippen LogP contribution in [-0.2, 0) is 4.79 Å². The molecule has 2 saturated carbocycles. The summed E-state index contributed by atoms with van der Waals surface area (Å²) in [5, 5.41) is 0. The van der Waals surface area contributed by atoms with E-state index in [0.29, 0.717) is 5.78 Å². The Morgan fingerprint density at radius 1 is 0.700 bits per heavy atom. The van der Waals surface area contributed by atoms with Crippen molar-refractivity contribution in [2.75, 3.05) is 0 Å². The molecule has 1 nitrogen and oxygen atoms in total. The van der Waals surface area contributed by atoms with Gasteiger partial charge >= 0.3 is 0 Å². The highest BCUT2D eigenvalue weighted by atomic mass is 16.1. The topological polar surface area (TPSA) is 17.1 Å². The molecular formula is C9H16O. The van der Waals surface area contributed by atoms with E-state index in [1.165, 1.54) is 25.7 Å². The molecule has 0 aromatic heterocycles. The highest BCUT2D eigenvalue weighted by Gasteiger charge is 2.05. The maximum atomic E-state index is 10.5. The van der Waals surface area contributed by atoms with Gasteiger partial charge < -0.3 is 0 Å². The number of hydrogen-bond acceptors (Lipinski definition) is 1. The Morgan fingerprint density at radius 3 is 1.30 bits per heavy atom. The molecule has 0 saturated heterocycles. The van der Waals surface area contributed by atoms with E-state index < -0.39 is 0 Å². The summed E-state index contributed by atoms with van der Waals surface area (Å²) < 4.78 is 0. The van der Waals surface area contributed by atoms with Crippen LogP contribution in [0.4, 0.5) is 0 Å². The van der Waals surface area contributed by atoms with Crippen molar-refractivity contribution in [3.63, 3.8) is 0 Å². The quantitative estimate of drug-likeness (QED) is 0.505. The van der Waals surface area contributed by atoms with Crippen LogP contribution >= 0.6 is 0 Å². The zero-order valence-corrected chi connectivity index (χ0v) is 6.57. The molecule has 10 heavy (non-hydrogen) atoms. The number of ketones is 1. The van der Waals surface area contributed by atoms with Crippen LogP contribution in [0.1, 0.15) is 51.4 Å². The van der Waals surface area contributed by atoms with Gasteiger partial charge in [0.1, 0.15) is 5.78 Å². The smallest absolute Gasteiger partial charge is 0.132 e. The molecule has 0 aliphatic heterocycles. The molecule has 2 fully saturated rings. The summed E-state index contributed by atoms with van der Waals surface area (Å²) in [7, 11) is 0. The predicted molar refractivity (Wildman–Crippen MR) is 41.9 cm³/mol. The number of carbonyl (C=O) groups is 1. The molecule has 2 aliphatic carbocycles. The predicted octanol–water partition coefficient (Wildman–Crippen LogP) is 2.69. The largest absolute Gasteiger partial charge is 0.300 e. The second kappa shape index (κ2) is 4.48. The lowest BCUT2D eigenvalue weighted by Gasteiger charge is -2.05. The van der Waals surface area contributed by atoms with Gasteiger partial charge in [0.2, 0.25) is 0 Å². The molecule has 0 atom stereocenters. The lowest BCUT2D eigenvalue weighted by atomic mass is 10.00. The van der Waals surface area contributed by atoms with Crippen molar-refractivity contribution in [1.82, 2.24) is 0 Å². The Hall–Kier alpha value is -0.330. The first-order valence-electron chi connectivity index (χ1n) is 4.41. The average Bonchev–Trinajstić information content (AvgIpc) is 2.73. The summed E-state index contributed by atoms with van der Waals surface area (Å²) in [6.45, 7) is 0. The molecule has 0 N–H and O–H groups in total. The van der Waals surface area contributed by atoms with Gasteiger partial charge in [-0.1, -0.05) is 25.7 Å². The Bertz CT molecular complexity index is 94.5. The second-order valence-corrected chi connectivity index (χ2v) is 3.16. The van der Waals surface area contributed by atoms with Gasteiger partial charge in [0.15, 0.2) is 0 Å². The van der Waals surface area contributed by atoms with Gasteiger partial charge in [-0.15, -0.1) is 0 Å². The molecule has 0 spiro atoms. The summed E-state index contributed by atoms with van der Waals surface area (Å²) in [5.41, 5.74) is 0. The molecule has 0 radical (unpaired) electrons. The molecule has 0 unspecified atom stereocenters. The Kier molecular flexibility index (Phi) is 3.48. The SMILES string of the molecule is C1CC1.O=C1CCCCC1. The van der Waals surface area contributed by atoms with Gasteiger partial charge in [-0.3, -0.25) is 4.79 Å². The van der Waals surface area contributed by atoms with Crippen molar-refractivity contribution in [2.24, 2.45) is 0 Å². The van der Waals surface area contributed by atoms with Gasteiger partial charge in [0, 0.05) is 12.8 Å². The van der Waals surface area contributed by atoms with Crippen LogP contribution in [0.2, 0.25) is 0 Å². The highest BCUT2D eigenvalue weighted by Crippen LogP contribution is 2.14. The molecule has 2 aliphatic rings. The molecular weight excluding hydrogens is 124 g/mol. The van der Waals surface area contributed by atoms with Crippen LogP contribution in [0.3, 0.4) is 0 Å². The van der Waals surface area contributed by atoms with Crippen molar-refractivity contribution < 1.29 is 4.79 Å². The number of rotatable bonds is 0. The molecule has 0 aromatic carbocycles. The van der Waals surface area contributed by atoms with E-state index in [2.05, 4.69) is 0 Å². The maximum absolute atomic E-state index is 10.5. The highest BCUT2D eigenvalue weighted by molar-refractivity contribution is 5.78. The monoisotopic (exact) mass is 140 g/mol. The fraction of sp³-hybridized carbons (Fsp3) is 0.889. The van der Waals surface area contributed by atoms with Crippen LogP contribution in [0.15, 0.2) is 0 Å². The van der Waals surface area contributed by atoms with E-state index in [-0.39, 0.29) is 0 Å². The first-order valence-corrected chi connectivity index (χ1v) is 4.41. The lowest BCUT2D eigenvalue weighted by Crippen LogP contribution is -2.02. The van der Waals surface area contributed by atoms with Gasteiger partial charge in [0.25, 0.3) is 0 Å². The normalized spacial score (nSPS) is 23.0. The average molecular weight is 140 g/mol. The van der Waals surface area contributed by atoms with Gasteiger partial charge in [-0.05, 0) is 12.8 Å². The Labute approximate surface area is 62.8 Å². The minimum Gasteiger partial charge on any atom is -0.300 e. The van der Waals surface area contributed by atoms with Crippen LogP contribution in [0, 0.1) is 0 Å². The number of Topliss-reactive ketones (excluding diaryl/α,β-unsaturated/α-hetero) is 1. The Balaban J connectivity index is 0.000000138. The van der Waals surface area contributed by atoms with Crippen LogP contribution < -0.4 is 0 Å². The van der Waals surface area contributed by atoms with E-state index >= 15 is 0 Å². The van der Waals surface area contributed by atoms with Crippen molar-refractivity contribution in [1.29, 1.82) is 0 Å². The summed E-state index contributed by atoms with van der Waals surface area (Å²) >= 11 is 0. The first-order chi connectivity index (χ1) is 4.89. The number of hydrogen-bond donors (Lipinski definition) is 0. The minimum atomic E-state index is 0.464. The summed E-state index contributed by atoms with van der Waals surface area (Å²) in [5.74, 6) is 0.464. The van der Waals surface area contributed by atoms with E-state index in [4.69, 9.17) is 0 Å². The zero-order chi connectivity index (χ0) is 7.23. The van der Waals surface area contributed by atoms with Gasteiger partial charge in [-0.25, -0.2) is 0 Å². The fourth-order valence-electron chi connectivity index (χ4n) is 0.946. The van der Waals surface area contributed by atoms with E-state index in [0.717, 1.165) is 25.7 Å². The molecule has 0 aromatic rings. The van der Waals surface area contributed by atoms with Crippen molar-refractivity contribution in [3.05, 3.63) is 0 Å². The third-order valence-electron chi connectivity index (χ3n) is 1.76. The summed E-state index contributed by atoms with van der Waals surface area (Å²) in [4.78, 5) is 10.5. The fourth-order valence-corrected chi connectivity index (χ4v) is 0.946. The van der Waals surface area contributed by atoms with Crippen LogP contribution in [0.5, 0.6) is 0 Å². The third-order valence-corrected chi connectivity index (χ3v) is 1.76. The minimum absolute atomic E-state index is 0.464. The first kappa shape index (κ1) is 7.77. The number of carbonyl (C=O) groups excluding carboxylic acids is 1. The summed E-state index contributed by atoms with van der Waals surface area (Å²) in [6, 6.07) is 0. The van der Waals surface area contributed by atoms with E-state index in [9.17, 15) is 4.79 Å². The molecule has 2 rings (SSSR count). The molecule has 0 amide bonds. The molecule has 0 bridgehead atoms. The van der Waals surface area contributed by atoms with Crippen LogP contribution in [-0.4, -0.2) is 5.78 Å². The third kappa shape index (κ3) is 4.54. The maximum Gasteiger partial charge on any atom is 0.132 e. The van der Waals surface area contributed by atoms with E-state index in [1.54, 1.807) is 0 Å². The van der Waals surface area contributed by atoms with Crippen molar-refractivity contribution >= 4 is 5.78 Å². The molecule has 1 heteroatoms. The molecule has 0 heterocycles. The van der Waals surface area contributed by atoms with Crippen molar-refractivity contribution in [2.45, 2.75) is 51.4 Å². The second-order valence-electron chi connectivity index (χ2n) is 3.16. The molecule has 58 valence electrons. The van der Waals surface area contributed by atoms with Gasteiger partial charge in [0.05, 0.1) is 0 Å². The summed E-state index contributed by atoms with van der Waals surface area (Å²) in [6.07, 6.45) is 9.74. The Morgan fingerprint density at radius 2 is 1.10 bits per heavy atom.